The summed E-state index contributed by atoms with van der Waals surface area (Å²) in [5.41, 5.74) is 0.975. The van der Waals surface area contributed by atoms with Gasteiger partial charge >= 0.3 is 0 Å². The summed E-state index contributed by atoms with van der Waals surface area (Å²) in [6.45, 7) is 4.03. The molecule has 1 aromatic heterocycles. The van der Waals surface area contributed by atoms with Gasteiger partial charge in [0.2, 0.25) is 0 Å². The largest absolute Gasteiger partial charge is 0.381 e. The molecule has 1 unspecified atom stereocenters. The SMILES string of the molecule is CCc1cc(Cl)nc(CC(C)OC)n1. The quantitative estimate of drug-likeness (QED) is 0.722. The molecule has 0 aliphatic heterocycles. The van der Waals surface area contributed by atoms with E-state index in [9.17, 15) is 0 Å². The molecule has 4 heteroatoms. The van der Waals surface area contributed by atoms with Gasteiger partial charge in [0.05, 0.1) is 6.10 Å². The van der Waals surface area contributed by atoms with Gasteiger partial charge in [0.25, 0.3) is 0 Å². The molecular weight excluding hydrogens is 200 g/mol. The van der Waals surface area contributed by atoms with Crippen LogP contribution in [-0.4, -0.2) is 23.2 Å². The second kappa shape index (κ2) is 5.27. The Bertz CT molecular complexity index is 304. The van der Waals surface area contributed by atoms with Crippen molar-refractivity contribution in [2.24, 2.45) is 0 Å². The fourth-order valence-electron chi connectivity index (χ4n) is 1.13. The molecule has 0 saturated carbocycles. The Labute approximate surface area is 89.5 Å². The lowest BCUT2D eigenvalue weighted by atomic mass is 10.2. The number of halogens is 1. The molecule has 0 N–H and O–H groups in total. The van der Waals surface area contributed by atoms with E-state index in [1.165, 1.54) is 0 Å². The molecule has 0 spiro atoms. The van der Waals surface area contributed by atoms with E-state index in [0.717, 1.165) is 17.9 Å². The molecule has 1 heterocycles. The van der Waals surface area contributed by atoms with E-state index in [1.54, 1.807) is 13.2 Å². The van der Waals surface area contributed by atoms with E-state index in [-0.39, 0.29) is 6.10 Å². The maximum Gasteiger partial charge on any atom is 0.133 e. The van der Waals surface area contributed by atoms with Gasteiger partial charge in [-0.25, -0.2) is 9.97 Å². The molecule has 0 bridgehead atoms. The smallest absolute Gasteiger partial charge is 0.133 e. The molecule has 0 aliphatic carbocycles. The second-order valence-corrected chi connectivity index (χ2v) is 3.59. The minimum absolute atomic E-state index is 0.123. The lowest BCUT2D eigenvalue weighted by Crippen LogP contribution is -2.12. The van der Waals surface area contributed by atoms with Gasteiger partial charge in [-0.3, -0.25) is 0 Å². The summed E-state index contributed by atoms with van der Waals surface area (Å²) < 4.78 is 5.14. The molecule has 1 atom stereocenters. The Morgan fingerprint density at radius 2 is 2.21 bits per heavy atom. The van der Waals surface area contributed by atoms with E-state index in [4.69, 9.17) is 16.3 Å². The molecule has 78 valence electrons. The van der Waals surface area contributed by atoms with Crippen LogP contribution in [0.3, 0.4) is 0 Å². The number of aromatic nitrogens is 2. The molecular formula is C10H15ClN2O. The van der Waals surface area contributed by atoms with Crippen LogP contribution in [0, 0.1) is 0 Å². The molecule has 0 saturated heterocycles. The van der Waals surface area contributed by atoms with Gasteiger partial charge in [0.1, 0.15) is 11.0 Å². The number of aryl methyl sites for hydroxylation is 1. The molecule has 3 nitrogen and oxygen atoms in total. The van der Waals surface area contributed by atoms with Crippen molar-refractivity contribution in [3.8, 4) is 0 Å². The highest BCUT2D eigenvalue weighted by molar-refractivity contribution is 6.29. The van der Waals surface area contributed by atoms with Crippen molar-refractivity contribution in [3.05, 3.63) is 22.7 Å². The Balaban J connectivity index is 2.81. The maximum absolute atomic E-state index is 5.86. The number of hydrogen-bond acceptors (Lipinski definition) is 3. The van der Waals surface area contributed by atoms with E-state index in [0.29, 0.717) is 11.6 Å². The lowest BCUT2D eigenvalue weighted by Gasteiger charge is -2.08. The number of rotatable bonds is 4. The highest BCUT2D eigenvalue weighted by Crippen LogP contribution is 2.09. The van der Waals surface area contributed by atoms with Crippen molar-refractivity contribution >= 4 is 11.6 Å². The van der Waals surface area contributed by atoms with E-state index >= 15 is 0 Å². The summed E-state index contributed by atoms with van der Waals surface area (Å²) in [7, 11) is 1.68. The minimum Gasteiger partial charge on any atom is -0.381 e. The number of hydrogen-bond donors (Lipinski definition) is 0. The van der Waals surface area contributed by atoms with Crippen molar-refractivity contribution < 1.29 is 4.74 Å². The van der Waals surface area contributed by atoms with Gasteiger partial charge in [-0.2, -0.15) is 0 Å². The van der Waals surface area contributed by atoms with Crippen molar-refractivity contribution in [2.45, 2.75) is 32.8 Å². The summed E-state index contributed by atoms with van der Waals surface area (Å²) in [6, 6.07) is 1.79. The Morgan fingerprint density at radius 3 is 2.79 bits per heavy atom. The van der Waals surface area contributed by atoms with Gasteiger partial charge in [0.15, 0.2) is 0 Å². The predicted octanol–water partition coefficient (Wildman–Crippen LogP) is 2.27. The van der Waals surface area contributed by atoms with Crippen molar-refractivity contribution in [3.63, 3.8) is 0 Å². The van der Waals surface area contributed by atoms with E-state index in [1.807, 2.05) is 13.8 Å². The average Bonchev–Trinajstić information content (AvgIpc) is 2.16. The summed E-state index contributed by atoms with van der Waals surface area (Å²) in [6.07, 6.45) is 1.69. The first-order valence-electron chi connectivity index (χ1n) is 4.70. The van der Waals surface area contributed by atoms with Crippen molar-refractivity contribution in [2.75, 3.05) is 7.11 Å². The molecule has 0 fully saturated rings. The van der Waals surface area contributed by atoms with Crippen LogP contribution < -0.4 is 0 Å². The highest BCUT2D eigenvalue weighted by Gasteiger charge is 2.06. The predicted molar refractivity (Wildman–Crippen MR) is 56.6 cm³/mol. The van der Waals surface area contributed by atoms with Gasteiger partial charge in [-0.1, -0.05) is 18.5 Å². The average molecular weight is 215 g/mol. The zero-order valence-corrected chi connectivity index (χ0v) is 9.51. The van der Waals surface area contributed by atoms with Crippen LogP contribution in [0.2, 0.25) is 5.15 Å². The van der Waals surface area contributed by atoms with Crippen LogP contribution >= 0.6 is 11.6 Å². The first-order valence-corrected chi connectivity index (χ1v) is 5.08. The zero-order valence-electron chi connectivity index (χ0n) is 8.75. The Hall–Kier alpha value is -0.670. The number of ether oxygens (including phenoxy) is 1. The zero-order chi connectivity index (χ0) is 10.6. The molecule has 0 radical (unpaired) electrons. The van der Waals surface area contributed by atoms with Crippen LogP contribution in [-0.2, 0) is 17.6 Å². The number of methoxy groups -OCH3 is 1. The van der Waals surface area contributed by atoms with E-state index in [2.05, 4.69) is 9.97 Å². The molecule has 14 heavy (non-hydrogen) atoms. The normalized spacial score (nSPS) is 12.9. The van der Waals surface area contributed by atoms with Gasteiger partial charge < -0.3 is 4.74 Å². The monoisotopic (exact) mass is 214 g/mol. The van der Waals surface area contributed by atoms with Crippen LogP contribution in [0.5, 0.6) is 0 Å². The molecule has 0 aromatic carbocycles. The van der Waals surface area contributed by atoms with Crippen molar-refractivity contribution in [1.82, 2.24) is 9.97 Å². The first kappa shape index (κ1) is 11.4. The molecule has 0 amide bonds. The van der Waals surface area contributed by atoms with Gasteiger partial charge in [-0.15, -0.1) is 0 Å². The summed E-state index contributed by atoms with van der Waals surface area (Å²) in [5.74, 6) is 0.753. The third-order valence-corrected chi connectivity index (χ3v) is 2.22. The topological polar surface area (TPSA) is 35.0 Å². The summed E-state index contributed by atoms with van der Waals surface area (Å²) >= 11 is 5.86. The van der Waals surface area contributed by atoms with Crippen LogP contribution in [0.25, 0.3) is 0 Å². The second-order valence-electron chi connectivity index (χ2n) is 3.20. The van der Waals surface area contributed by atoms with E-state index < -0.39 is 0 Å². The molecule has 0 aliphatic rings. The fraction of sp³-hybridized carbons (Fsp3) is 0.600. The minimum atomic E-state index is 0.123. The van der Waals surface area contributed by atoms with Gasteiger partial charge in [0, 0.05) is 19.2 Å². The van der Waals surface area contributed by atoms with Crippen LogP contribution in [0.4, 0.5) is 0 Å². The first-order chi connectivity index (χ1) is 6.65. The van der Waals surface area contributed by atoms with Crippen LogP contribution in [0.1, 0.15) is 25.4 Å². The summed E-state index contributed by atoms with van der Waals surface area (Å²) in [4.78, 5) is 8.51. The maximum atomic E-state index is 5.86. The standard InChI is InChI=1S/C10H15ClN2O/c1-4-8-6-9(11)13-10(12-8)5-7(2)14-3/h6-7H,4-5H2,1-3H3. The highest BCUT2D eigenvalue weighted by atomic mass is 35.5. The number of nitrogens with zero attached hydrogens (tertiary/aromatic N) is 2. The third-order valence-electron chi connectivity index (χ3n) is 2.03. The van der Waals surface area contributed by atoms with Crippen molar-refractivity contribution in [1.29, 1.82) is 0 Å². The fourth-order valence-corrected chi connectivity index (χ4v) is 1.35. The lowest BCUT2D eigenvalue weighted by molar-refractivity contribution is 0.117. The summed E-state index contributed by atoms with van der Waals surface area (Å²) in [5, 5.41) is 0.509. The van der Waals surface area contributed by atoms with Gasteiger partial charge in [-0.05, 0) is 19.4 Å². The Kier molecular flexibility index (Phi) is 4.29. The molecule has 1 rings (SSSR count). The van der Waals surface area contributed by atoms with Crippen LogP contribution in [0.15, 0.2) is 6.07 Å². The Morgan fingerprint density at radius 1 is 1.50 bits per heavy atom. The third kappa shape index (κ3) is 3.24. The molecule has 1 aromatic rings.